The lowest BCUT2D eigenvalue weighted by molar-refractivity contribution is -0.114. The summed E-state index contributed by atoms with van der Waals surface area (Å²) in [6.07, 6.45) is 3.50. The third-order valence-electron chi connectivity index (χ3n) is 4.14. The lowest BCUT2D eigenvalue weighted by atomic mass is 10.0. The van der Waals surface area contributed by atoms with Gasteiger partial charge in [-0.05, 0) is 53.6 Å². The molecule has 1 aromatic heterocycles. The molecule has 2 heterocycles. The molecule has 1 aliphatic heterocycles. The maximum atomic E-state index is 13.2. The molecule has 3 aromatic rings. The molecule has 1 amide bonds. The molecule has 7 heteroatoms. The van der Waals surface area contributed by atoms with Gasteiger partial charge < -0.3 is 10.6 Å². The van der Waals surface area contributed by atoms with Crippen LogP contribution in [0.5, 0.6) is 0 Å². The van der Waals surface area contributed by atoms with Crippen LogP contribution in [0.2, 0.25) is 0 Å². The monoisotopic (exact) mass is 349 g/mol. The molecule has 0 saturated carbocycles. The normalized spacial score (nSPS) is 15.6. The summed E-state index contributed by atoms with van der Waals surface area (Å²) in [4.78, 5) is 15.4. The average molecular weight is 349 g/mol. The summed E-state index contributed by atoms with van der Waals surface area (Å²) in [6, 6.07) is 13.7. The molecule has 0 fully saturated rings. The summed E-state index contributed by atoms with van der Waals surface area (Å²) in [5, 5.41) is 10.3. The molecule has 0 bridgehead atoms. The van der Waals surface area contributed by atoms with E-state index in [-0.39, 0.29) is 17.8 Å². The number of rotatable bonds is 3. The predicted molar refractivity (Wildman–Crippen MR) is 96.9 cm³/mol. The van der Waals surface area contributed by atoms with E-state index in [1.807, 2.05) is 30.3 Å². The number of aromatic nitrogens is 3. The molecule has 130 valence electrons. The molecule has 0 spiro atoms. The van der Waals surface area contributed by atoms with Gasteiger partial charge in [-0.2, -0.15) is 10.1 Å². The Hall–Kier alpha value is -3.48. The number of benzene rings is 2. The zero-order valence-electron chi connectivity index (χ0n) is 14.0. The number of carbonyl (C=O) groups is 1. The molecule has 6 nitrogen and oxygen atoms in total. The molecule has 0 radical (unpaired) electrons. The van der Waals surface area contributed by atoms with Crippen LogP contribution in [0.4, 0.5) is 16.0 Å². The predicted octanol–water partition coefficient (Wildman–Crippen LogP) is 3.43. The number of hydrogen-bond acceptors (Lipinski definition) is 4. The van der Waals surface area contributed by atoms with Gasteiger partial charge >= 0.3 is 0 Å². The van der Waals surface area contributed by atoms with Crippen LogP contribution in [-0.2, 0) is 4.79 Å². The summed E-state index contributed by atoms with van der Waals surface area (Å²) < 4.78 is 15.0. The Labute approximate surface area is 149 Å². The first-order valence-corrected chi connectivity index (χ1v) is 8.12. The topological polar surface area (TPSA) is 71.8 Å². The van der Waals surface area contributed by atoms with Gasteiger partial charge in [-0.3, -0.25) is 4.79 Å². The van der Waals surface area contributed by atoms with Crippen molar-refractivity contribution >= 4 is 23.2 Å². The van der Waals surface area contributed by atoms with E-state index in [1.165, 1.54) is 25.4 Å². The van der Waals surface area contributed by atoms with Gasteiger partial charge in [-0.1, -0.05) is 12.1 Å². The first-order chi connectivity index (χ1) is 12.6. The summed E-state index contributed by atoms with van der Waals surface area (Å²) in [5.41, 5.74) is 3.42. The second-order valence-corrected chi connectivity index (χ2v) is 5.99. The molecule has 1 aliphatic rings. The molecule has 1 atom stereocenters. The second-order valence-electron chi connectivity index (χ2n) is 5.99. The minimum atomic E-state index is -0.279. The Morgan fingerprint density at radius 3 is 2.58 bits per heavy atom. The second kappa shape index (κ2) is 6.44. The van der Waals surface area contributed by atoms with E-state index in [9.17, 15) is 9.18 Å². The van der Waals surface area contributed by atoms with Crippen LogP contribution in [0, 0.1) is 5.82 Å². The van der Waals surface area contributed by atoms with Gasteiger partial charge in [0, 0.05) is 18.3 Å². The van der Waals surface area contributed by atoms with Crippen LogP contribution in [0.15, 0.2) is 60.9 Å². The molecule has 0 saturated heterocycles. The lowest BCUT2D eigenvalue weighted by Gasteiger charge is -2.24. The van der Waals surface area contributed by atoms with E-state index in [0.717, 1.165) is 22.5 Å². The van der Waals surface area contributed by atoms with E-state index in [4.69, 9.17) is 0 Å². The first kappa shape index (κ1) is 16.0. The largest absolute Gasteiger partial charge is 0.326 e. The van der Waals surface area contributed by atoms with E-state index in [0.29, 0.717) is 5.95 Å². The van der Waals surface area contributed by atoms with Crippen LogP contribution < -0.4 is 10.6 Å². The van der Waals surface area contributed by atoms with Crippen LogP contribution in [-0.4, -0.2) is 20.7 Å². The van der Waals surface area contributed by atoms with E-state index < -0.39 is 0 Å². The fourth-order valence-electron chi connectivity index (χ4n) is 2.94. The molecular formula is C19H16FN5O. The van der Waals surface area contributed by atoms with Gasteiger partial charge in [-0.15, -0.1) is 0 Å². The number of allylic oxidation sites excluding steroid dienone is 1. The quantitative estimate of drug-likeness (QED) is 0.760. The minimum Gasteiger partial charge on any atom is -0.326 e. The maximum Gasteiger partial charge on any atom is 0.226 e. The van der Waals surface area contributed by atoms with E-state index in [1.54, 1.807) is 16.8 Å². The lowest BCUT2D eigenvalue weighted by Crippen LogP contribution is -2.20. The SMILES string of the molecule is CC(=O)Nc1ccc([C@@H]2C=C(c3ccc(F)cc3)Nc3ncnn32)cc1. The molecule has 0 aliphatic carbocycles. The van der Waals surface area contributed by atoms with Gasteiger partial charge in [0.15, 0.2) is 0 Å². The molecule has 4 rings (SSSR count). The molecule has 2 N–H and O–H groups in total. The smallest absolute Gasteiger partial charge is 0.226 e. The van der Waals surface area contributed by atoms with Crippen molar-refractivity contribution < 1.29 is 9.18 Å². The number of fused-ring (bicyclic) bond motifs is 1. The zero-order valence-corrected chi connectivity index (χ0v) is 14.0. The minimum absolute atomic E-state index is 0.114. The Morgan fingerprint density at radius 2 is 1.88 bits per heavy atom. The molecule has 2 aromatic carbocycles. The highest BCUT2D eigenvalue weighted by atomic mass is 19.1. The van der Waals surface area contributed by atoms with Crippen molar-refractivity contribution in [3.8, 4) is 0 Å². The summed E-state index contributed by atoms with van der Waals surface area (Å²) in [7, 11) is 0. The average Bonchev–Trinajstić information content (AvgIpc) is 3.10. The fourth-order valence-corrected chi connectivity index (χ4v) is 2.94. The standard InChI is InChI=1S/C19H16FN5O/c1-12(26)23-16-8-4-14(5-9-16)18-10-17(13-2-6-15(20)7-3-13)24-19-21-11-22-25(18)19/h2-11,18H,1H3,(H,23,26)(H,21,22,24)/t18-/m0/s1. The number of amides is 1. The highest BCUT2D eigenvalue weighted by Crippen LogP contribution is 2.32. The number of carbonyl (C=O) groups excluding carboxylic acids is 1. The van der Waals surface area contributed by atoms with Gasteiger partial charge in [0.1, 0.15) is 18.2 Å². The Bertz CT molecular complexity index is 976. The van der Waals surface area contributed by atoms with E-state index in [2.05, 4.69) is 20.7 Å². The van der Waals surface area contributed by atoms with Crippen LogP contribution >= 0.6 is 0 Å². The highest BCUT2D eigenvalue weighted by Gasteiger charge is 2.23. The van der Waals surface area contributed by atoms with Crippen LogP contribution in [0.25, 0.3) is 5.70 Å². The number of anilines is 2. The Kier molecular flexibility index (Phi) is 3.96. The van der Waals surface area contributed by atoms with Gasteiger partial charge in [0.05, 0.1) is 0 Å². The van der Waals surface area contributed by atoms with Crippen molar-refractivity contribution in [3.05, 3.63) is 77.9 Å². The summed E-state index contributed by atoms with van der Waals surface area (Å²) in [6.45, 7) is 1.47. The number of halogens is 1. The molecular weight excluding hydrogens is 333 g/mol. The van der Waals surface area contributed by atoms with Crippen molar-refractivity contribution in [1.29, 1.82) is 0 Å². The fraction of sp³-hybridized carbons (Fsp3) is 0.105. The van der Waals surface area contributed by atoms with Gasteiger partial charge in [0.25, 0.3) is 0 Å². The van der Waals surface area contributed by atoms with E-state index >= 15 is 0 Å². The number of nitrogens with one attached hydrogen (secondary N) is 2. The van der Waals surface area contributed by atoms with Crippen molar-refractivity contribution in [2.45, 2.75) is 13.0 Å². The van der Waals surface area contributed by atoms with Crippen LogP contribution in [0.1, 0.15) is 24.1 Å². The number of nitrogens with zero attached hydrogens (tertiary/aromatic N) is 3. The molecule has 26 heavy (non-hydrogen) atoms. The Morgan fingerprint density at radius 1 is 1.15 bits per heavy atom. The van der Waals surface area contributed by atoms with Crippen LogP contribution in [0.3, 0.4) is 0 Å². The van der Waals surface area contributed by atoms with Crippen molar-refractivity contribution in [3.63, 3.8) is 0 Å². The van der Waals surface area contributed by atoms with Gasteiger partial charge in [-0.25, -0.2) is 9.07 Å². The summed E-state index contributed by atoms with van der Waals surface area (Å²) >= 11 is 0. The summed E-state index contributed by atoms with van der Waals surface area (Å²) in [5.74, 6) is 0.220. The zero-order chi connectivity index (χ0) is 18.1. The van der Waals surface area contributed by atoms with Crippen molar-refractivity contribution in [2.75, 3.05) is 10.6 Å². The Balaban J connectivity index is 1.71. The van der Waals surface area contributed by atoms with Crippen molar-refractivity contribution in [2.24, 2.45) is 0 Å². The van der Waals surface area contributed by atoms with Gasteiger partial charge in [0.2, 0.25) is 11.9 Å². The third kappa shape index (κ3) is 3.06. The number of hydrogen-bond donors (Lipinski definition) is 2. The highest BCUT2D eigenvalue weighted by molar-refractivity contribution is 5.88. The van der Waals surface area contributed by atoms with Crippen molar-refractivity contribution in [1.82, 2.24) is 14.8 Å². The third-order valence-corrected chi connectivity index (χ3v) is 4.14. The molecule has 0 unspecified atom stereocenters. The maximum absolute atomic E-state index is 13.2. The first-order valence-electron chi connectivity index (χ1n) is 8.12.